The van der Waals surface area contributed by atoms with E-state index in [2.05, 4.69) is 20.5 Å². The Hall–Kier alpha value is -2.17. The van der Waals surface area contributed by atoms with Gasteiger partial charge in [0.1, 0.15) is 0 Å². The Kier molecular flexibility index (Phi) is 3.94. The zero-order chi connectivity index (χ0) is 13.8. The highest BCUT2D eigenvalue weighted by Gasteiger charge is 2.16. The summed E-state index contributed by atoms with van der Waals surface area (Å²) in [6.45, 7) is 0. The van der Waals surface area contributed by atoms with E-state index in [1.54, 1.807) is 0 Å². The van der Waals surface area contributed by atoms with Crippen molar-refractivity contribution in [1.29, 1.82) is 0 Å². The second-order valence-corrected chi connectivity index (χ2v) is 4.50. The number of nitro benzene ring substituents is 1. The molecule has 2 rings (SSSR count). The van der Waals surface area contributed by atoms with Gasteiger partial charge in [-0.3, -0.25) is 20.2 Å². The molecule has 19 heavy (non-hydrogen) atoms. The average Bonchev–Trinajstić information content (AvgIpc) is 2.40. The minimum absolute atomic E-state index is 0.0369. The fourth-order valence-electron chi connectivity index (χ4n) is 1.27. The summed E-state index contributed by atoms with van der Waals surface area (Å²) >= 11 is 1.92. The Morgan fingerprint density at radius 1 is 1.37 bits per heavy atom. The summed E-state index contributed by atoms with van der Waals surface area (Å²) in [6.07, 6.45) is 2.74. The van der Waals surface area contributed by atoms with Crippen LogP contribution in [0.4, 0.5) is 11.6 Å². The van der Waals surface area contributed by atoms with Crippen LogP contribution in [-0.4, -0.2) is 26.0 Å². The Balaban J connectivity index is 2.28. The second-order valence-electron chi connectivity index (χ2n) is 3.34. The fraction of sp³-hybridized carbons (Fsp3) is 0. The Bertz CT molecular complexity index is 634. The molecule has 0 bridgehead atoms. The number of hydrogen-bond donors (Lipinski definition) is 1. The van der Waals surface area contributed by atoms with Crippen LogP contribution in [0.2, 0.25) is 0 Å². The maximum absolute atomic E-state index is 12.0. The quantitative estimate of drug-likeness (QED) is 0.499. The van der Waals surface area contributed by atoms with Crippen molar-refractivity contribution in [2.45, 2.75) is 0 Å². The van der Waals surface area contributed by atoms with Crippen LogP contribution in [0, 0.1) is 13.7 Å². The molecule has 1 aromatic heterocycles. The van der Waals surface area contributed by atoms with Crippen molar-refractivity contribution < 1.29 is 9.72 Å². The molecule has 9 heteroatoms. The van der Waals surface area contributed by atoms with Crippen molar-refractivity contribution in [2.24, 2.45) is 0 Å². The summed E-state index contributed by atoms with van der Waals surface area (Å²) in [5.74, 6) is -0.490. The number of aromatic nitrogens is 3. The number of benzene rings is 1. The fourth-order valence-corrected chi connectivity index (χ4v) is 1.86. The number of anilines is 1. The lowest BCUT2D eigenvalue weighted by Crippen LogP contribution is -2.16. The van der Waals surface area contributed by atoms with Crippen LogP contribution in [0.5, 0.6) is 0 Å². The number of halogens is 1. The Morgan fingerprint density at radius 3 is 2.79 bits per heavy atom. The molecule has 0 unspecified atom stereocenters. The van der Waals surface area contributed by atoms with Gasteiger partial charge in [-0.2, -0.15) is 5.10 Å². The lowest BCUT2D eigenvalue weighted by atomic mass is 10.2. The van der Waals surface area contributed by atoms with E-state index in [0.29, 0.717) is 3.57 Å². The van der Waals surface area contributed by atoms with Crippen LogP contribution in [0.1, 0.15) is 10.4 Å². The average molecular weight is 371 g/mol. The summed E-state index contributed by atoms with van der Waals surface area (Å²) in [5.41, 5.74) is 0.0277. The van der Waals surface area contributed by atoms with E-state index >= 15 is 0 Å². The molecule has 2 aromatic rings. The largest absolute Gasteiger partial charge is 0.289 e. The van der Waals surface area contributed by atoms with Gasteiger partial charge in [0.2, 0.25) is 5.95 Å². The maximum atomic E-state index is 12.0. The monoisotopic (exact) mass is 371 g/mol. The standard InChI is InChI=1S/C10H6IN5O3/c11-8-2-1-6(16(18)19)5-7(8)9(17)14-10-12-3-4-13-15-10/h1-5H,(H,12,14,15,17). The smallest absolute Gasteiger partial charge is 0.270 e. The van der Waals surface area contributed by atoms with Gasteiger partial charge in [0.05, 0.1) is 22.9 Å². The minimum Gasteiger partial charge on any atom is -0.289 e. The van der Waals surface area contributed by atoms with Crippen molar-refractivity contribution in [2.75, 3.05) is 5.32 Å². The minimum atomic E-state index is -0.562. The van der Waals surface area contributed by atoms with Crippen LogP contribution in [0.3, 0.4) is 0 Å². The molecule has 1 N–H and O–H groups in total. The third-order valence-electron chi connectivity index (χ3n) is 2.11. The van der Waals surface area contributed by atoms with Gasteiger partial charge in [-0.1, -0.05) is 0 Å². The van der Waals surface area contributed by atoms with Gasteiger partial charge in [-0.25, -0.2) is 4.98 Å². The number of carbonyl (C=O) groups is 1. The van der Waals surface area contributed by atoms with Gasteiger partial charge in [0.25, 0.3) is 11.6 Å². The van der Waals surface area contributed by atoms with E-state index in [4.69, 9.17) is 0 Å². The second kappa shape index (κ2) is 5.65. The molecule has 96 valence electrons. The first-order valence-electron chi connectivity index (χ1n) is 4.97. The van der Waals surface area contributed by atoms with Crippen LogP contribution in [-0.2, 0) is 0 Å². The van der Waals surface area contributed by atoms with E-state index in [9.17, 15) is 14.9 Å². The van der Waals surface area contributed by atoms with Gasteiger partial charge in [-0.05, 0) is 28.7 Å². The molecule has 0 atom stereocenters. The van der Waals surface area contributed by atoms with E-state index < -0.39 is 10.8 Å². The van der Waals surface area contributed by atoms with E-state index in [-0.39, 0.29) is 17.2 Å². The van der Waals surface area contributed by atoms with Crippen molar-refractivity contribution in [1.82, 2.24) is 15.2 Å². The third-order valence-corrected chi connectivity index (χ3v) is 3.05. The number of nitro groups is 1. The van der Waals surface area contributed by atoms with Crippen LogP contribution in [0.25, 0.3) is 0 Å². The molecule has 0 saturated carbocycles. The molecule has 0 spiro atoms. The summed E-state index contributed by atoms with van der Waals surface area (Å²) in [6, 6.07) is 4.03. The van der Waals surface area contributed by atoms with Crippen molar-refractivity contribution in [3.63, 3.8) is 0 Å². The molecule has 1 amide bonds. The van der Waals surface area contributed by atoms with Crippen LogP contribution < -0.4 is 5.32 Å². The molecule has 0 saturated heterocycles. The number of rotatable bonds is 3. The summed E-state index contributed by atoms with van der Waals surface area (Å²) < 4.78 is 0.588. The first-order valence-corrected chi connectivity index (χ1v) is 6.05. The lowest BCUT2D eigenvalue weighted by Gasteiger charge is -2.04. The SMILES string of the molecule is O=C(Nc1nccnn1)c1cc([N+](=O)[O-])ccc1I. The number of nitrogens with one attached hydrogen (secondary N) is 1. The molecule has 0 aliphatic rings. The highest BCUT2D eigenvalue weighted by Crippen LogP contribution is 2.20. The molecule has 0 aliphatic carbocycles. The van der Waals surface area contributed by atoms with E-state index in [1.165, 1.54) is 30.6 Å². The van der Waals surface area contributed by atoms with E-state index in [0.717, 1.165) is 0 Å². The highest BCUT2D eigenvalue weighted by atomic mass is 127. The molecular formula is C10H6IN5O3. The molecule has 0 fully saturated rings. The van der Waals surface area contributed by atoms with Gasteiger partial charge in [-0.15, -0.1) is 5.10 Å². The van der Waals surface area contributed by atoms with Gasteiger partial charge >= 0.3 is 0 Å². The molecular weight excluding hydrogens is 365 g/mol. The molecule has 0 radical (unpaired) electrons. The summed E-state index contributed by atoms with van der Waals surface area (Å²) in [5, 5.41) is 20.3. The molecule has 0 aliphatic heterocycles. The zero-order valence-electron chi connectivity index (χ0n) is 9.28. The number of carbonyl (C=O) groups excluding carboxylic acids is 1. The zero-order valence-corrected chi connectivity index (χ0v) is 11.4. The molecule has 1 aromatic carbocycles. The summed E-state index contributed by atoms with van der Waals surface area (Å²) in [4.78, 5) is 25.9. The highest BCUT2D eigenvalue weighted by molar-refractivity contribution is 14.1. The maximum Gasteiger partial charge on any atom is 0.270 e. The topological polar surface area (TPSA) is 111 Å². The van der Waals surface area contributed by atoms with Crippen LogP contribution in [0.15, 0.2) is 30.6 Å². The number of nitrogens with zero attached hydrogens (tertiary/aromatic N) is 4. The van der Waals surface area contributed by atoms with Gasteiger partial charge < -0.3 is 0 Å². The normalized spacial score (nSPS) is 9.95. The predicted octanol–water partition coefficient (Wildman–Crippen LogP) is 1.64. The number of hydrogen-bond acceptors (Lipinski definition) is 6. The number of amides is 1. The van der Waals surface area contributed by atoms with Crippen LogP contribution >= 0.6 is 22.6 Å². The number of non-ortho nitro benzene ring substituents is 1. The molecule has 8 nitrogen and oxygen atoms in total. The van der Waals surface area contributed by atoms with Crippen molar-refractivity contribution in [3.8, 4) is 0 Å². The Labute approximate surface area is 120 Å². The van der Waals surface area contributed by atoms with Crippen molar-refractivity contribution in [3.05, 3.63) is 49.8 Å². The lowest BCUT2D eigenvalue weighted by molar-refractivity contribution is -0.384. The first-order chi connectivity index (χ1) is 9.08. The molecule has 1 heterocycles. The first kappa shape index (κ1) is 13.3. The predicted molar refractivity (Wildman–Crippen MR) is 73.6 cm³/mol. The third kappa shape index (κ3) is 3.19. The Morgan fingerprint density at radius 2 is 2.16 bits per heavy atom. The van der Waals surface area contributed by atoms with E-state index in [1.807, 2.05) is 22.6 Å². The van der Waals surface area contributed by atoms with Gasteiger partial charge in [0, 0.05) is 15.7 Å². The van der Waals surface area contributed by atoms with Crippen molar-refractivity contribution >= 4 is 40.1 Å². The summed E-state index contributed by atoms with van der Waals surface area (Å²) in [7, 11) is 0. The van der Waals surface area contributed by atoms with Gasteiger partial charge in [0.15, 0.2) is 0 Å².